The summed E-state index contributed by atoms with van der Waals surface area (Å²) in [6, 6.07) is 6.37. The highest BCUT2D eigenvalue weighted by molar-refractivity contribution is 5.79. The van der Waals surface area contributed by atoms with Gasteiger partial charge < -0.3 is 14.7 Å². The van der Waals surface area contributed by atoms with Gasteiger partial charge in [0.1, 0.15) is 5.75 Å². The Bertz CT molecular complexity index is 594. The Morgan fingerprint density at radius 3 is 2.74 bits per heavy atom. The number of carbonyl (C=O) groups is 1. The van der Waals surface area contributed by atoms with Gasteiger partial charge in [-0.25, -0.2) is 0 Å². The van der Waals surface area contributed by atoms with E-state index in [-0.39, 0.29) is 36.6 Å². The van der Waals surface area contributed by atoms with E-state index in [1.807, 2.05) is 30.0 Å². The second kappa shape index (κ2) is 6.16. The van der Waals surface area contributed by atoms with Crippen molar-refractivity contribution in [3.63, 3.8) is 0 Å². The maximum Gasteiger partial charge on any atom is 0.261 e. The molecule has 0 radical (unpaired) electrons. The van der Waals surface area contributed by atoms with Crippen molar-refractivity contribution >= 4 is 5.91 Å². The summed E-state index contributed by atoms with van der Waals surface area (Å²) in [7, 11) is 0. The van der Waals surface area contributed by atoms with Gasteiger partial charge in [0.2, 0.25) is 0 Å². The van der Waals surface area contributed by atoms with E-state index in [0.29, 0.717) is 0 Å². The number of aryl methyl sites for hydroxylation is 2. The highest BCUT2D eigenvalue weighted by Crippen LogP contribution is 2.51. The molecule has 23 heavy (non-hydrogen) atoms. The number of fused-ring (bicyclic) bond motifs is 2. The van der Waals surface area contributed by atoms with Crippen molar-refractivity contribution in [2.45, 2.75) is 58.5 Å². The number of amides is 1. The first-order valence-electron chi connectivity index (χ1n) is 8.63. The molecule has 1 aromatic rings. The lowest BCUT2D eigenvalue weighted by Crippen LogP contribution is -2.44. The number of nitrogens with zero attached hydrogens (tertiary/aromatic N) is 1. The van der Waals surface area contributed by atoms with Crippen LogP contribution in [0.3, 0.4) is 0 Å². The van der Waals surface area contributed by atoms with Gasteiger partial charge in [-0.05, 0) is 62.8 Å². The van der Waals surface area contributed by atoms with Crippen LogP contribution in [0.4, 0.5) is 0 Å². The summed E-state index contributed by atoms with van der Waals surface area (Å²) in [5, 5.41) is 9.83. The van der Waals surface area contributed by atoms with Gasteiger partial charge in [-0.2, -0.15) is 0 Å². The number of aliphatic hydroxyl groups is 1. The summed E-state index contributed by atoms with van der Waals surface area (Å²) in [5.74, 6) is 0.802. The summed E-state index contributed by atoms with van der Waals surface area (Å²) in [4.78, 5) is 14.7. The van der Waals surface area contributed by atoms with Crippen molar-refractivity contribution < 1.29 is 14.6 Å². The molecule has 2 aliphatic rings. The molecule has 3 rings (SSSR count). The quantitative estimate of drug-likeness (QED) is 0.908. The van der Waals surface area contributed by atoms with E-state index in [2.05, 4.69) is 13.8 Å². The van der Waals surface area contributed by atoms with E-state index in [1.165, 1.54) is 11.1 Å². The average Bonchev–Trinajstić information content (AvgIpc) is 3.11. The molecule has 1 amide bonds. The zero-order valence-electron chi connectivity index (χ0n) is 14.3. The summed E-state index contributed by atoms with van der Waals surface area (Å²) in [6.07, 6.45) is 3.92. The van der Waals surface area contributed by atoms with Crippen LogP contribution in [0.1, 0.15) is 43.7 Å². The predicted molar refractivity (Wildman–Crippen MR) is 89.5 cm³/mol. The molecule has 0 saturated carbocycles. The first-order valence-corrected chi connectivity index (χ1v) is 8.63. The second-order valence-corrected chi connectivity index (χ2v) is 7.16. The third kappa shape index (κ3) is 2.74. The fraction of sp³-hybridized carbons (Fsp3) is 0.632. The Kier molecular flexibility index (Phi) is 4.37. The molecule has 1 aromatic carbocycles. The third-order valence-electron chi connectivity index (χ3n) is 6.00. The van der Waals surface area contributed by atoms with Crippen LogP contribution in [0.25, 0.3) is 0 Å². The smallest absolute Gasteiger partial charge is 0.261 e. The van der Waals surface area contributed by atoms with Gasteiger partial charge >= 0.3 is 0 Å². The predicted octanol–water partition coefficient (Wildman–Crippen LogP) is 2.83. The summed E-state index contributed by atoms with van der Waals surface area (Å²) < 4.78 is 5.72. The standard InChI is InChI=1S/C19H27NO3/c1-4-19(12-21)10-15-6-8-17(19)20(15)18(22)11-23-16-7-5-13(2)14(3)9-16/h5,7,9,15,17,21H,4,6,8,10-12H2,1-3H3/t15-,17+,19-/m1/s1. The Hall–Kier alpha value is -1.55. The highest BCUT2D eigenvalue weighted by Gasteiger charge is 2.56. The molecule has 2 fully saturated rings. The largest absolute Gasteiger partial charge is 0.484 e. The van der Waals surface area contributed by atoms with Crippen LogP contribution in [0.2, 0.25) is 0 Å². The van der Waals surface area contributed by atoms with E-state index in [9.17, 15) is 9.90 Å². The second-order valence-electron chi connectivity index (χ2n) is 7.16. The van der Waals surface area contributed by atoms with Crippen molar-refractivity contribution in [2.75, 3.05) is 13.2 Å². The van der Waals surface area contributed by atoms with Crippen LogP contribution in [-0.4, -0.2) is 41.2 Å². The minimum Gasteiger partial charge on any atom is -0.484 e. The third-order valence-corrected chi connectivity index (χ3v) is 6.00. The summed E-state index contributed by atoms with van der Waals surface area (Å²) >= 11 is 0. The minimum absolute atomic E-state index is 0.0551. The van der Waals surface area contributed by atoms with Crippen LogP contribution < -0.4 is 4.74 Å². The van der Waals surface area contributed by atoms with E-state index in [1.54, 1.807) is 0 Å². The fourth-order valence-corrected chi connectivity index (χ4v) is 4.35. The molecule has 0 aliphatic carbocycles. The molecule has 4 nitrogen and oxygen atoms in total. The van der Waals surface area contributed by atoms with Gasteiger partial charge in [-0.3, -0.25) is 4.79 Å². The molecular formula is C19H27NO3. The number of ether oxygens (including phenoxy) is 1. The van der Waals surface area contributed by atoms with Gasteiger partial charge in [0.25, 0.3) is 5.91 Å². The van der Waals surface area contributed by atoms with Gasteiger partial charge in [0.05, 0.1) is 6.61 Å². The Morgan fingerprint density at radius 1 is 1.35 bits per heavy atom. The molecular weight excluding hydrogens is 290 g/mol. The first-order chi connectivity index (χ1) is 11.0. The lowest BCUT2D eigenvalue weighted by molar-refractivity contribution is -0.135. The maximum absolute atomic E-state index is 12.7. The minimum atomic E-state index is -0.0982. The zero-order valence-corrected chi connectivity index (χ0v) is 14.3. The topological polar surface area (TPSA) is 49.8 Å². The number of carbonyl (C=O) groups excluding carboxylic acids is 1. The number of benzene rings is 1. The molecule has 4 heteroatoms. The number of hydrogen-bond acceptors (Lipinski definition) is 3. The van der Waals surface area contributed by atoms with Gasteiger partial charge in [0, 0.05) is 17.5 Å². The molecule has 0 unspecified atom stereocenters. The molecule has 1 N–H and O–H groups in total. The fourth-order valence-electron chi connectivity index (χ4n) is 4.35. The van der Waals surface area contributed by atoms with Gasteiger partial charge in [-0.1, -0.05) is 13.0 Å². The van der Waals surface area contributed by atoms with Crippen molar-refractivity contribution in [1.29, 1.82) is 0 Å². The lowest BCUT2D eigenvalue weighted by Gasteiger charge is -2.34. The van der Waals surface area contributed by atoms with Crippen LogP contribution in [-0.2, 0) is 4.79 Å². The summed E-state index contributed by atoms with van der Waals surface area (Å²) in [6.45, 7) is 6.48. The maximum atomic E-state index is 12.7. The van der Waals surface area contributed by atoms with E-state index in [4.69, 9.17) is 4.74 Å². The highest BCUT2D eigenvalue weighted by atomic mass is 16.5. The molecule has 0 aromatic heterocycles. The van der Waals surface area contributed by atoms with Crippen molar-refractivity contribution in [2.24, 2.45) is 5.41 Å². The molecule has 2 heterocycles. The normalized spacial score (nSPS) is 29.1. The Morgan fingerprint density at radius 2 is 2.13 bits per heavy atom. The number of hydrogen-bond donors (Lipinski definition) is 1. The van der Waals surface area contributed by atoms with Crippen molar-refractivity contribution in [1.82, 2.24) is 4.90 Å². The van der Waals surface area contributed by atoms with Crippen molar-refractivity contribution in [3.05, 3.63) is 29.3 Å². The molecule has 0 spiro atoms. The number of aliphatic hydroxyl groups excluding tert-OH is 1. The van der Waals surface area contributed by atoms with Crippen LogP contribution >= 0.6 is 0 Å². The van der Waals surface area contributed by atoms with Gasteiger partial charge in [0.15, 0.2) is 6.61 Å². The van der Waals surface area contributed by atoms with Crippen LogP contribution in [0.5, 0.6) is 5.75 Å². The molecule has 126 valence electrons. The average molecular weight is 317 g/mol. The number of rotatable bonds is 5. The van der Waals surface area contributed by atoms with Crippen molar-refractivity contribution in [3.8, 4) is 5.75 Å². The SMILES string of the molecule is CC[C@]1(CO)C[C@H]2CC[C@@H]1N2C(=O)COc1ccc(C)c(C)c1. The van der Waals surface area contributed by atoms with E-state index >= 15 is 0 Å². The monoisotopic (exact) mass is 317 g/mol. The van der Waals surface area contributed by atoms with E-state index in [0.717, 1.165) is 31.4 Å². The first kappa shape index (κ1) is 16.3. The summed E-state index contributed by atoms with van der Waals surface area (Å²) in [5.41, 5.74) is 2.29. The lowest BCUT2D eigenvalue weighted by atomic mass is 9.72. The molecule has 2 saturated heterocycles. The Balaban J connectivity index is 1.66. The zero-order chi connectivity index (χ0) is 16.6. The van der Waals surface area contributed by atoms with Gasteiger partial charge in [-0.15, -0.1) is 0 Å². The molecule has 3 atom stereocenters. The molecule has 2 bridgehead atoms. The molecule has 2 aliphatic heterocycles. The van der Waals surface area contributed by atoms with Crippen LogP contribution in [0, 0.1) is 19.3 Å². The Labute approximate surface area is 138 Å². The van der Waals surface area contributed by atoms with Crippen LogP contribution in [0.15, 0.2) is 18.2 Å². The van der Waals surface area contributed by atoms with E-state index < -0.39 is 0 Å².